The Labute approximate surface area is 769 Å². The molecule has 12 rings (SSSR count). The number of non-ortho nitro benzene ring substituents is 2. The van der Waals surface area contributed by atoms with Gasteiger partial charge in [0, 0.05) is 62.4 Å². The number of carbonyl (C=O) groups is 6. The molecule has 0 aromatic heterocycles. The minimum atomic E-state index is -4.08. The summed E-state index contributed by atoms with van der Waals surface area (Å²) in [5.41, 5.74) is 34.1. The number of nitrogens with two attached hydrogens (primary N) is 5. The van der Waals surface area contributed by atoms with Crippen LogP contribution in [0.1, 0.15) is 71.8 Å². The highest BCUT2D eigenvalue weighted by Crippen LogP contribution is 2.40. The summed E-state index contributed by atoms with van der Waals surface area (Å²) in [5.74, 6) is -2.18. The Bertz CT molecular complexity index is 6120. The van der Waals surface area contributed by atoms with Crippen LogP contribution in [0.4, 0.5) is 56.9 Å². The van der Waals surface area contributed by atoms with E-state index >= 15 is 0 Å². The van der Waals surface area contributed by atoms with E-state index in [0.29, 0.717) is 85.3 Å². The monoisotopic (exact) mass is 2030 g/mol. The first-order valence-corrected chi connectivity index (χ1v) is 43.9. The molecule has 125 heavy (non-hydrogen) atoms. The van der Waals surface area contributed by atoms with E-state index in [2.05, 4.69) is 77.1 Å². The van der Waals surface area contributed by atoms with Crippen LogP contribution in [0.15, 0.2) is 306 Å². The number of nitro benzene ring substituents is 2. The maximum absolute atomic E-state index is 13.6. The lowest BCUT2D eigenvalue weighted by molar-refractivity contribution is -0.385. The predicted molar refractivity (Wildman–Crippen MR) is 510 cm³/mol. The molecule has 0 aliphatic rings. The van der Waals surface area contributed by atoms with Gasteiger partial charge in [0.1, 0.15) is 11.5 Å². The average Bonchev–Trinajstić information content (AvgIpc) is 0.770. The van der Waals surface area contributed by atoms with Gasteiger partial charge in [0.2, 0.25) is 31.5 Å². The molecule has 0 fully saturated rings. The molecule has 0 saturated heterocycles. The number of amides is 6. The minimum absolute atomic E-state index is 0. The molecule has 12 aromatic rings. The molecular weight excluding hydrogens is 1950 g/mol. The number of anilines is 8. The number of ether oxygens (including phenoxy) is 2. The number of nitrogen functional groups attached to an aromatic ring is 2. The largest absolute Gasteiger partial charge is 0.495 e. The van der Waals surface area contributed by atoms with E-state index in [-0.39, 0.29) is 96.3 Å². The summed E-state index contributed by atoms with van der Waals surface area (Å²) in [7, 11) is -5.02. The number of hydrogen-bond donors (Lipinski definition) is 11. The van der Waals surface area contributed by atoms with Crippen molar-refractivity contribution >= 4 is 206 Å². The number of para-hydroxylation sites is 6. The van der Waals surface area contributed by atoms with Crippen molar-refractivity contribution in [2.45, 2.75) is 78.3 Å². The zero-order chi connectivity index (χ0) is 89.1. The van der Waals surface area contributed by atoms with Crippen molar-refractivity contribution in [2.75, 3.05) is 70.7 Å². The molecule has 37 heteroatoms. The van der Waals surface area contributed by atoms with Crippen molar-refractivity contribution in [3.05, 3.63) is 328 Å². The summed E-state index contributed by atoms with van der Waals surface area (Å²) in [5, 5.41) is 38.3. The molecule has 0 saturated carbocycles. The van der Waals surface area contributed by atoms with Crippen molar-refractivity contribution in [2.24, 2.45) is 17.2 Å². The SMILES string of the molecule is COc1ccccc1NC(=O)c1c(NC(=O)C(N)CCCCN)cccc1Sc1ccc([N+](=O)[O-])cc1.COc1ccccc1NC(=O)c1c(NC(=O)CN)cccc1S(=O)(=O)c1ccc(C)cc1.Cc1ccc(S(=O)(=O)c2cccc(N)c2C(=O)Nc2ccccc2I)cc1.Cl.Cl.Nc1cccc(Sc2ccc([N+](=O)[O-])cc2)c1C(=O)Nc1ccccc1I. The third-order valence-corrected chi connectivity index (χ3v) is 25.5. The molecule has 16 N–H and O–H groups in total. The van der Waals surface area contributed by atoms with Crippen molar-refractivity contribution in [3.8, 4) is 11.5 Å². The van der Waals surface area contributed by atoms with Crippen molar-refractivity contribution in [1.29, 1.82) is 0 Å². The zero-order valence-corrected chi connectivity index (χ0v) is 76.2. The number of hydrogen-bond acceptors (Lipinski definition) is 23. The lowest BCUT2D eigenvalue weighted by Gasteiger charge is -2.18. The number of benzene rings is 12. The molecule has 0 aliphatic carbocycles. The first-order valence-electron chi connectivity index (χ1n) is 37.2. The molecule has 1 atom stereocenters. The smallest absolute Gasteiger partial charge is 0.269 e. The second-order valence-corrected chi connectivity index (χ2v) is 34.8. The Morgan fingerprint density at radius 3 is 1.20 bits per heavy atom. The standard InChI is InChI=1S/C26H29N5O5S.C23H23N3O5S.C20H17IN2O3S.C19H14IN3O3S.2ClH/c1-36-22-10-3-2-8-20(22)29-26(33)24-21(30-25(32)19(28)7-4-5-16-27)9-6-11-23(24)37-18-14-12-17(13-15-18)31(34)35;1-15-10-12-16(13-11-15)32(29,30)20-9-5-7-18(25-21(27)14-24)22(20)23(28)26-17-6-3-4-8-19(17)31-2;1-13-9-11-14(12-10-13)27(25,26)18-8-4-6-16(22)19(18)20(24)23-17-7-3-2-5-15(17)21;20-14-4-1-2-6-16(14)22-19(24)18-15(21)5-3-7-17(18)27-13-10-8-12(9-11-13)23(25)26;;/h2-3,6,8-15,19H,4-5,7,16,27-28H2,1H3,(H,29,33)(H,30,32);3-13H,14,24H2,1-2H3,(H,25,27)(H,26,28);2-12H,22H2,1H3,(H,23,24);1-11H,21H2,(H,22,24);2*1H. The number of sulfone groups is 2. The van der Waals surface area contributed by atoms with E-state index in [1.165, 1.54) is 123 Å². The second kappa shape index (κ2) is 47.7. The van der Waals surface area contributed by atoms with Gasteiger partial charge in [0.05, 0.1) is 113 Å². The van der Waals surface area contributed by atoms with Gasteiger partial charge < -0.3 is 70.0 Å². The molecule has 12 aromatic carbocycles. The highest BCUT2D eigenvalue weighted by atomic mass is 127. The Morgan fingerprint density at radius 2 is 0.768 bits per heavy atom. The van der Waals surface area contributed by atoms with Crippen LogP contribution in [0.5, 0.6) is 11.5 Å². The van der Waals surface area contributed by atoms with Crippen LogP contribution in [0, 0.1) is 41.2 Å². The Kier molecular flexibility index (Phi) is 38.2. The van der Waals surface area contributed by atoms with E-state index < -0.39 is 65.1 Å². The Morgan fingerprint density at radius 1 is 0.416 bits per heavy atom. The van der Waals surface area contributed by atoms with Gasteiger partial charge in [-0.3, -0.25) is 49.0 Å². The Balaban J connectivity index is 0.000000229. The van der Waals surface area contributed by atoms with Gasteiger partial charge >= 0.3 is 0 Å². The average molecular weight is 2030 g/mol. The van der Waals surface area contributed by atoms with Gasteiger partial charge in [0.25, 0.3) is 35.0 Å². The summed E-state index contributed by atoms with van der Waals surface area (Å²) < 4.78 is 65.4. The third kappa shape index (κ3) is 27.2. The van der Waals surface area contributed by atoms with Crippen LogP contribution >= 0.6 is 93.5 Å². The number of aryl methyl sites for hydroxylation is 2. The second-order valence-electron chi connectivity index (χ2n) is 26.4. The van der Waals surface area contributed by atoms with E-state index in [1.807, 2.05) is 50.2 Å². The molecule has 0 spiro atoms. The van der Waals surface area contributed by atoms with Crippen LogP contribution in [0.25, 0.3) is 0 Å². The quantitative estimate of drug-likeness (QED) is 0.00713. The summed E-state index contributed by atoms with van der Waals surface area (Å²) >= 11 is 6.81. The minimum Gasteiger partial charge on any atom is -0.495 e. The fourth-order valence-electron chi connectivity index (χ4n) is 11.6. The highest BCUT2D eigenvalue weighted by molar-refractivity contribution is 14.1. The fraction of sp³-hybridized carbons (Fsp3) is 0.114. The molecule has 0 radical (unpaired) electrons. The number of halogens is 4. The summed E-state index contributed by atoms with van der Waals surface area (Å²) in [6.07, 6.45) is 1.93. The number of nitrogens with one attached hydrogen (secondary N) is 6. The number of nitrogens with zero attached hydrogens (tertiary/aromatic N) is 2. The van der Waals surface area contributed by atoms with Crippen molar-refractivity contribution in [3.63, 3.8) is 0 Å². The maximum Gasteiger partial charge on any atom is 0.269 e. The summed E-state index contributed by atoms with van der Waals surface area (Å²) in [6.45, 7) is 3.90. The van der Waals surface area contributed by atoms with E-state index in [1.54, 1.807) is 146 Å². The zero-order valence-electron chi connectivity index (χ0n) is 67.0. The lowest BCUT2D eigenvalue weighted by Crippen LogP contribution is -2.36. The van der Waals surface area contributed by atoms with Crippen LogP contribution in [0.3, 0.4) is 0 Å². The molecular formula is C88H85Cl2I2N13O16S4. The molecule has 29 nitrogen and oxygen atoms in total. The van der Waals surface area contributed by atoms with E-state index in [4.69, 9.17) is 38.1 Å². The van der Waals surface area contributed by atoms with Gasteiger partial charge in [0.15, 0.2) is 0 Å². The van der Waals surface area contributed by atoms with Gasteiger partial charge in [-0.25, -0.2) is 16.8 Å². The topological polar surface area (TPSA) is 478 Å². The van der Waals surface area contributed by atoms with Gasteiger partial charge in [-0.15, -0.1) is 24.8 Å². The van der Waals surface area contributed by atoms with Crippen LogP contribution in [-0.2, 0) is 29.3 Å². The number of nitro groups is 2. The van der Waals surface area contributed by atoms with Gasteiger partial charge in [-0.1, -0.05) is 138 Å². The normalized spacial score (nSPS) is 10.9. The Hall–Kier alpha value is -12.0. The third-order valence-electron chi connectivity index (χ3n) is 17.8. The number of methoxy groups -OCH3 is 2. The van der Waals surface area contributed by atoms with Crippen molar-refractivity contribution < 1.29 is 64.9 Å². The van der Waals surface area contributed by atoms with Crippen LogP contribution < -0.4 is 70.0 Å². The molecule has 0 heterocycles. The maximum atomic E-state index is 13.6. The van der Waals surface area contributed by atoms with Crippen molar-refractivity contribution in [1.82, 2.24) is 0 Å². The first kappa shape index (κ1) is 100. The summed E-state index contributed by atoms with van der Waals surface area (Å²) in [4.78, 5) is 101. The molecule has 0 bridgehead atoms. The molecule has 0 aliphatic heterocycles. The van der Waals surface area contributed by atoms with Gasteiger partial charge in [-0.05, 0) is 224 Å². The first-order chi connectivity index (χ1) is 58.9. The number of unbranched alkanes of at least 4 members (excludes halogenated alkanes) is 1. The highest BCUT2D eigenvalue weighted by Gasteiger charge is 2.31. The predicted octanol–water partition coefficient (Wildman–Crippen LogP) is 17.7. The van der Waals surface area contributed by atoms with Crippen LogP contribution in [-0.4, -0.2) is 95.5 Å². The van der Waals surface area contributed by atoms with Crippen LogP contribution in [0.2, 0.25) is 0 Å². The number of carbonyl (C=O) groups excluding carboxylic acids is 6. The number of rotatable bonds is 28. The summed E-state index contributed by atoms with van der Waals surface area (Å²) in [6, 6.07) is 71.5. The lowest BCUT2D eigenvalue weighted by atomic mass is 10.1. The van der Waals surface area contributed by atoms with Gasteiger partial charge in [-0.2, -0.15) is 0 Å². The van der Waals surface area contributed by atoms with E-state index in [0.717, 1.165) is 29.6 Å². The molecule has 6 amide bonds. The fourth-order valence-corrected chi connectivity index (χ4v) is 17.6. The molecule has 1 unspecified atom stereocenters. The molecule has 650 valence electrons. The van der Waals surface area contributed by atoms with E-state index in [9.17, 15) is 65.8 Å².